The van der Waals surface area contributed by atoms with Crippen LogP contribution in [0.3, 0.4) is 0 Å². The third-order valence-electron chi connectivity index (χ3n) is 4.36. The van der Waals surface area contributed by atoms with Crippen LogP contribution in [0.5, 0.6) is 0 Å². The predicted molar refractivity (Wildman–Crippen MR) is 67.7 cm³/mol. The molecule has 4 nitrogen and oxygen atoms in total. The number of nitriles is 1. The largest absolute Gasteiger partial charge is 0.381 e. The molecule has 0 aromatic carbocycles. The van der Waals surface area contributed by atoms with Crippen molar-refractivity contribution in [2.24, 2.45) is 10.8 Å². The van der Waals surface area contributed by atoms with Gasteiger partial charge in [0.15, 0.2) is 0 Å². The minimum atomic E-state index is -0.847. The van der Waals surface area contributed by atoms with Crippen LogP contribution in [-0.2, 0) is 9.53 Å². The van der Waals surface area contributed by atoms with Crippen LogP contribution in [0.4, 0.5) is 0 Å². The Bertz CT molecular complexity index is 349. The molecule has 100 valence electrons. The summed E-state index contributed by atoms with van der Waals surface area (Å²) in [7, 11) is 0. The fourth-order valence-electron chi connectivity index (χ4n) is 2.77. The monoisotopic (exact) mass is 250 g/mol. The van der Waals surface area contributed by atoms with E-state index in [4.69, 9.17) is 4.74 Å². The van der Waals surface area contributed by atoms with Crippen molar-refractivity contribution >= 4 is 5.91 Å². The van der Waals surface area contributed by atoms with Crippen molar-refractivity contribution < 1.29 is 9.53 Å². The molecule has 1 saturated carbocycles. The number of nitrogens with one attached hydrogen (secondary N) is 1. The first-order valence-electron chi connectivity index (χ1n) is 6.94. The van der Waals surface area contributed by atoms with Crippen LogP contribution in [0, 0.1) is 22.2 Å². The average Bonchev–Trinajstić information content (AvgIpc) is 3.17. The SMILES string of the molecule is CCCC1(CNC(=O)C2(C#N)CCOCC2)CC1. The highest BCUT2D eigenvalue weighted by Gasteiger charge is 2.45. The van der Waals surface area contributed by atoms with E-state index >= 15 is 0 Å². The Morgan fingerprint density at radius 1 is 1.33 bits per heavy atom. The van der Waals surface area contributed by atoms with Gasteiger partial charge in [0.1, 0.15) is 5.41 Å². The molecule has 1 aliphatic heterocycles. The van der Waals surface area contributed by atoms with Crippen LogP contribution < -0.4 is 5.32 Å². The van der Waals surface area contributed by atoms with Gasteiger partial charge >= 0.3 is 0 Å². The van der Waals surface area contributed by atoms with Crippen LogP contribution in [-0.4, -0.2) is 25.7 Å². The summed E-state index contributed by atoms with van der Waals surface area (Å²) in [4.78, 5) is 12.2. The lowest BCUT2D eigenvalue weighted by atomic mass is 9.80. The number of hydrogen-bond acceptors (Lipinski definition) is 3. The molecule has 0 aromatic rings. The molecule has 1 amide bonds. The zero-order valence-corrected chi connectivity index (χ0v) is 11.1. The molecule has 1 aliphatic carbocycles. The highest BCUT2D eigenvalue weighted by Crippen LogP contribution is 2.49. The summed E-state index contributed by atoms with van der Waals surface area (Å²) in [6.45, 7) is 3.95. The van der Waals surface area contributed by atoms with E-state index < -0.39 is 5.41 Å². The minimum Gasteiger partial charge on any atom is -0.381 e. The van der Waals surface area contributed by atoms with Crippen molar-refractivity contribution in [1.29, 1.82) is 5.26 Å². The lowest BCUT2D eigenvalue weighted by Gasteiger charge is -2.30. The Morgan fingerprint density at radius 3 is 2.50 bits per heavy atom. The number of ether oxygens (including phenoxy) is 1. The van der Waals surface area contributed by atoms with Gasteiger partial charge < -0.3 is 10.1 Å². The second kappa shape index (κ2) is 5.27. The van der Waals surface area contributed by atoms with Gasteiger partial charge in [-0.15, -0.1) is 0 Å². The van der Waals surface area contributed by atoms with Gasteiger partial charge in [-0.3, -0.25) is 4.79 Å². The fraction of sp³-hybridized carbons (Fsp3) is 0.857. The van der Waals surface area contributed by atoms with Crippen molar-refractivity contribution in [1.82, 2.24) is 5.32 Å². The van der Waals surface area contributed by atoms with Gasteiger partial charge in [-0.1, -0.05) is 13.3 Å². The van der Waals surface area contributed by atoms with E-state index in [1.807, 2.05) is 0 Å². The topological polar surface area (TPSA) is 62.1 Å². The van der Waals surface area contributed by atoms with Gasteiger partial charge in [0.2, 0.25) is 5.91 Å². The van der Waals surface area contributed by atoms with Gasteiger partial charge in [0, 0.05) is 19.8 Å². The number of nitrogens with zero attached hydrogens (tertiary/aromatic N) is 1. The first-order chi connectivity index (χ1) is 8.66. The Labute approximate surface area is 109 Å². The molecule has 0 atom stereocenters. The molecule has 2 rings (SSSR count). The molecule has 2 fully saturated rings. The summed E-state index contributed by atoms with van der Waals surface area (Å²) in [5.74, 6) is -0.0873. The molecule has 1 heterocycles. The van der Waals surface area contributed by atoms with Gasteiger partial charge in [-0.2, -0.15) is 5.26 Å². The van der Waals surface area contributed by atoms with Crippen LogP contribution in [0.15, 0.2) is 0 Å². The highest BCUT2D eigenvalue weighted by atomic mass is 16.5. The van der Waals surface area contributed by atoms with Crippen molar-refractivity contribution in [2.75, 3.05) is 19.8 Å². The number of amides is 1. The minimum absolute atomic E-state index is 0.0873. The highest BCUT2D eigenvalue weighted by molar-refractivity contribution is 5.85. The summed E-state index contributed by atoms with van der Waals surface area (Å²) in [5, 5.41) is 12.3. The van der Waals surface area contributed by atoms with Crippen LogP contribution in [0.2, 0.25) is 0 Å². The normalized spacial score (nSPS) is 24.0. The smallest absolute Gasteiger partial charge is 0.240 e. The molecular formula is C14H22N2O2. The van der Waals surface area contributed by atoms with Crippen LogP contribution in [0.1, 0.15) is 45.4 Å². The standard InChI is InChI=1S/C14H22N2O2/c1-2-3-13(4-5-13)11-16-12(17)14(10-15)6-8-18-9-7-14/h2-9,11H2,1H3,(H,16,17). The summed E-state index contributed by atoms with van der Waals surface area (Å²) in [5.41, 5.74) is -0.507. The summed E-state index contributed by atoms with van der Waals surface area (Å²) < 4.78 is 5.24. The molecule has 18 heavy (non-hydrogen) atoms. The van der Waals surface area contributed by atoms with E-state index in [-0.39, 0.29) is 5.91 Å². The third kappa shape index (κ3) is 2.67. The quantitative estimate of drug-likeness (QED) is 0.811. The Balaban J connectivity index is 1.89. The van der Waals surface area contributed by atoms with Gasteiger partial charge in [0.05, 0.1) is 6.07 Å². The van der Waals surface area contributed by atoms with Crippen LogP contribution >= 0.6 is 0 Å². The number of carbonyl (C=O) groups is 1. The predicted octanol–water partition coefficient (Wildman–Crippen LogP) is 2.00. The fourth-order valence-corrected chi connectivity index (χ4v) is 2.77. The molecular weight excluding hydrogens is 228 g/mol. The van der Waals surface area contributed by atoms with E-state index in [2.05, 4.69) is 18.3 Å². The van der Waals surface area contributed by atoms with Gasteiger partial charge in [0.25, 0.3) is 0 Å². The first kappa shape index (κ1) is 13.4. The Hall–Kier alpha value is -1.08. The molecule has 0 unspecified atom stereocenters. The number of rotatable bonds is 5. The molecule has 2 aliphatic rings. The molecule has 0 spiro atoms. The molecule has 1 saturated heterocycles. The first-order valence-corrected chi connectivity index (χ1v) is 6.94. The van der Waals surface area contributed by atoms with Crippen molar-refractivity contribution in [2.45, 2.75) is 45.4 Å². The zero-order valence-electron chi connectivity index (χ0n) is 11.1. The molecule has 4 heteroatoms. The van der Waals surface area contributed by atoms with Crippen molar-refractivity contribution in [3.05, 3.63) is 0 Å². The molecule has 0 radical (unpaired) electrons. The maximum atomic E-state index is 12.2. The molecule has 0 aromatic heterocycles. The summed E-state index contributed by atoms with van der Waals surface area (Å²) in [6.07, 6.45) is 5.81. The maximum absolute atomic E-state index is 12.2. The van der Waals surface area contributed by atoms with Crippen molar-refractivity contribution in [3.8, 4) is 6.07 Å². The van der Waals surface area contributed by atoms with E-state index in [1.54, 1.807) is 0 Å². The lowest BCUT2D eigenvalue weighted by molar-refractivity contribution is -0.132. The number of hydrogen-bond donors (Lipinski definition) is 1. The lowest BCUT2D eigenvalue weighted by Crippen LogP contribution is -2.45. The Kier molecular flexibility index (Phi) is 3.91. The van der Waals surface area contributed by atoms with E-state index in [9.17, 15) is 10.1 Å². The van der Waals surface area contributed by atoms with Gasteiger partial charge in [-0.05, 0) is 37.5 Å². The zero-order chi connectivity index (χ0) is 13.1. The van der Waals surface area contributed by atoms with E-state index in [1.165, 1.54) is 19.3 Å². The molecule has 0 bridgehead atoms. The van der Waals surface area contributed by atoms with Gasteiger partial charge in [-0.25, -0.2) is 0 Å². The number of carbonyl (C=O) groups excluding carboxylic acids is 1. The second-order valence-corrected chi connectivity index (χ2v) is 5.74. The Morgan fingerprint density at radius 2 is 2.00 bits per heavy atom. The summed E-state index contributed by atoms with van der Waals surface area (Å²) in [6, 6.07) is 2.21. The molecule has 1 N–H and O–H groups in total. The van der Waals surface area contributed by atoms with Crippen LogP contribution in [0.25, 0.3) is 0 Å². The maximum Gasteiger partial charge on any atom is 0.240 e. The third-order valence-corrected chi connectivity index (χ3v) is 4.36. The summed E-state index contributed by atoms with van der Waals surface area (Å²) >= 11 is 0. The van der Waals surface area contributed by atoms with Crippen molar-refractivity contribution in [3.63, 3.8) is 0 Å². The average molecular weight is 250 g/mol. The second-order valence-electron chi connectivity index (χ2n) is 5.74. The van der Waals surface area contributed by atoms with E-state index in [0.29, 0.717) is 31.5 Å². The van der Waals surface area contributed by atoms with E-state index in [0.717, 1.165) is 13.0 Å².